The van der Waals surface area contributed by atoms with E-state index in [0.717, 1.165) is 49.2 Å². The normalized spacial score (nSPS) is 14.5. The maximum atomic E-state index is 13.1. The molecule has 130 valence electrons. The average molecular weight is 330 g/mol. The Morgan fingerprint density at radius 2 is 2.12 bits per heavy atom. The molecule has 0 unspecified atom stereocenters. The molecular formula is C19H26N2O3. The van der Waals surface area contributed by atoms with Crippen LogP contribution in [-0.2, 0) is 19.4 Å². The van der Waals surface area contributed by atoms with Crippen LogP contribution in [0.4, 0.5) is 0 Å². The third-order valence-corrected chi connectivity index (χ3v) is 4.59. The van der Waals surface area contributed by atoms with Crippen molar-refractivity contribution < 1.29 is 13.7 Å². The van der Waals surface area contributed by atoms with Crippen molar-refractivity contribution >= 4 is 5.91 Å². The van der Waals surface area contributed by atoms with E-state index in [2.05, 4.69) is 19.0 Å². The van der Waals surface area contributed by atoms with Crippen molar-refractivity contribution in [3.8, 4) is 0 Å². The lowest BCUT2D eigenvalue weighted by Gasteiger charge is -2.22. The van der Waals surface area contributed by atoms with Gasteiger partial charge in [-0.25, -0.2) is 0 Å². The van der Waals surface area contributed by atoms with E-state index in [4.69, 9.17) is 8.94 Å². The number of amides is 1. The van der Waals surface area contributed by atoms with Gasteiger partial charge in [0.2, 0.25) is 0 Å². The van der Waals surface area contributed by atoms with Crippen LogP contribution in [0.25, 0.3) is 0 Å². The van der Waals surface area contributed by atoms with Crippen LogP contribution in [0.15, 0.2) is 27.3 Å². The molecule has 1 aliphatic carbocycles. The zero-order valence-corrected chi connectivity index (χ0v) is 14.6. The maximum Gasteiger partial charge on any atom is 0.276 e. The van der Waals surface area contributed by atoms with Gasteiger partial charge in [-0.3, -0.25) is 4.79 Å². The van der Waals surface area contributed by atoms with Crippen LogP contribution in [0.1, 0.15) is 67.1 Å². The third kappa shape index (κ3) is 3.89. The number of furan rings is 1. The molecular weight excluding hydrogens is 304 g/mol. The standard InChI is InChI=1S/C19H26N2O3/c1-14(2)10-11-21(13-15-7-6-12-23-15)19(22)18-16-8-4-3-5-9-17(16)24-20-18/h6-7,12,14H,3-5,8-11,13H2,1-2H3. The number of carbonyl (C=O) groups is 1. The van der Waals surface area contributed by atoms with E-state index in [1.807, 2.05) is 17.0 Å². The lowest BCUT2D eigenvalue weighted by molar-refractivity contribution is 0.0712. The average Bonchev–Trinajstić information content (AvgIpc) is 3.15. The molecule has 2 heterocycles. The highest BCUT2D eigenvalue weighted by Gasteiger charge is 2.27. The van der Waals surface area contributed by atoms with E-state index < -0.39 is 0 Å². The molecule has 2 aromatic rings. The number of hydrogen-bond donors (Lipinski definition) is 0. The predicted octanol–water partition coefficient (Wildman–Crippen LogP) is 4.23. The summed E-state index contributed by atoms with van der Waals surface area (Å²) in [6.45, 7) is 5.49. The van der Waals surface area contributed by atoms with Crippen molar-refractivity contribution in [1.29, 1.82) is 0 Å². The van der Waals surface area contributed by atoms with Gasteiger partial charge in [-0.05, 0) is 43.7 Å². The van der Waals surface area contributed by atoms with Crippen LogP contribution in [0, 0.1) is 5.92 Å². The molecule has 0 saturated heterocycles. The first kappa shape index (κ1) is 16.8. The van der Waals surface area contributed by atoms with Gasteiger partial charge >= 0.3 is 0 Å². The Morgan fingerprint density at radius 3 is 2.88 bits per heavy atom. The highest BCUT2D eigenvalue weighted by molar-refractivity contribution is 5.93. The smallest absolute Gasteiger partial charge is 0.276 e. The first-order valence-electron chi connectivity index (χ1n) is 8.94. The van der Waals surface area contributed by atoms with Crippen LogP contribution in [0.2, 0.25) is 0 Å². The molecule has 5 heteroatoms. The van der Waals surface area contributed by atoms with E-state index >= 15 is 0 Å². The van der Waals surface area contributed by atoms with Crippen molar-refractivity contribution in [2.45, 2.75) is 58.9 Å². The lowest BCUT2D eigenvalue weighted by Crippen LogP contribution is -2.33. The number of nitrogens with zero attached hydrogens (tertiary/aromatic N) is 2. The minimum atomic E-state index is -0.0426. The van der Waals surface area contributed by atoms with E-state index in [0.29, 0.717) is 24.7 Å². The molecule has 0 fully saturated rings. The summed E-state index contributed by atoms with van der Waals surface area (Å²) < 4.78 is 10.9. The van der Waals surface area contributed by atoms with Crippen molar-refractivity contribution in [3.63, 3.8) is 0 Å². The summed E-state index contributed by atoms with van der Waals surface area (Å²) in [6.07, 6.45) is 7.76. The first-order valence-corrected chi connectivity index (χ1v) is 8.94. The Labute approximate surface area is 143 Å². The van der Waals surface area contributed by atoms with E-state index in [-0.39, 0.29) is 5.91 Å². The minimum absolute atomic E-state index is 0.0426. The molecule has 0 bridgehead atoms. The van der Waals surface area contributed by atoms with Gasteiger partial charge in [0.1, 0.15) is 11.5 Å². The number of hydrogen-bond acceptors (Lipinski definition) is 4. The van der Waals surface area contributed by atoms with Crippen molar-refractivity contribution in [3.05, 3.63) is 41.2 Å². The van der Waals surface area contributed by atoms with Crippen LogP contribution in [0.3, 0.4) is 0 Å². The zero-order chi connectivity index (χ0) is 16.9. The first-order chi connectivity index (χ1) is 11.6. The summed E-state index contributed by atoms with van der Waals surface area (Å²) >= 11 is 0. The molecule has 0 aliphatic heterocycles. The van der Waals surface area contributed by atoms with Gasteiger partial charge in [0.25, 0.3) is 5.91 Å². The summed E-state index contributed by atoms with van der Waals surface area (Å²) in [5.41, 5.74) is 1.52. The van der Waals surface area contributed by atoms with Crippen molar-refractivity contribution in [2.24, 2.45) is 5.92 Å². The summed E-state index contributed by atoms with van der Waals surface area (Å²) in [4.78, 5) is 14.9. The molecule has 0 spiro atoms. The monoisotopic (exact) mass is 330 g/mol. The number of aryl methyl sites for hydroxylation is 1. The topological polar surface area (TPSA) is 59.5 Å². The van der Waals surface area contributed by atoms with Gasteiger partial charge in [0, 0.05) is 18.5 Å². The SMILES string of the molecule is CC(C)CCN(Cc1ccco1)C(=O)c1noc2c1CCCCC2. The van der Waals surface area contributed by atoms with Crippen LogP contribution < -0.4 is 0 Å². The third-order valence-electron chi connectivity index (χ3n) is 4.59. The highest BCUT2D eigenvalue weighted by atomic mass is 16.5. The Balaban J connectivity index is 1.81. The van der Waals surface area contributed by atoms with Crippen molar-refractivity contribution in [2.75, 3.05) is 6.54 Å². The number of fused-ring (bicyclic) bond motifs is 1. The number of aromatic nitrogens is 1. The molecule has 0 atom stereocenters. The fourth-order valence-electron chi connectivity index (χ4n) is 3.14. The molecule has 0 radical (unpaired) electrons. The minimum Gasteiger partial charge on any atom is -0.467 e. The second-order valence-corrected chi connectivity index (χ2v) is 6.98. The van der Waals surface area contributed by atoms with E-state index in [1.165, 1.54) is 6.42 Å². The second-order valence-electron chi connectivity index (χ2n) is 6.98. The Hall–Kier alpha value is -2.04. The van der Waals surface area contributed by atoms with Gasteiger partial charge in [0.15, 0.2) is 5.69 Å². The largest absolute Gasteiger partial charge is 0.467 e. The zero-order valence-electron chi connectivity index (χ0n) is 14.6. The summed E-state index contributed by atoms with van der Waals surface area (Å²) in [7, 11) is 0. The number of rotatable bonds is 6. The highest BCUT2D eigenvalue weighted by Crippen LogP contribution is 2.25. The van der Waals surface area contributed by atoms with Crippen LogP contribution in [-0.4, -0.2) is 22.5 Å². The van der Waals surface area contributed by atoms with Gasteiger partial charge in [-0.2, -0.15) is 0 Å². The van der Waals surface area contributed by atoms with Gasteiger partial charge in [0.05, 0.1) is 12.8 Å². The van der Waals surface area contributed by atoms with Gasteiger partial charge in [-0.15, -0.1) is 0 Å². The number of carbonyl (C=O) groups excluding carboxylic acids is 1. The molecule has 1 amide bonds. The fourth-order valence-corrected chi connectivity index (χ4v) is 3.14. The molecule has 0 saturated carbocycles. The predicted molar refractivity (Wildman–Crippen MR) is 90.7 cm³/mol. The molecule has 2 aromatic heterocycles. The van der Waals surface area contributed by atoms with Crippen molar-refractivity contribution in [1.82, 2.24) is 10.1 Å². The maximum absolute atomic E-state index is 13.1. The Kier molecular flexibility index (Phi) is 5.38. The summed E-state index contributed by atoms with van der Waals surface area (Å²) in [5, 5.41) is 4.12. The van der Waals surface area contributed by atoms with Crippen LogP contribution in [0.5, 0.6) is 0 Å². The molecule has 5 nitrogen and oxygen atoms in total. The van der Waals surface area contributed by atoms with Gasteiger partial charge < -0.3 is 13.8 Å². The van der Waals surface area contributed by atoms with Gasteiger partial charge in [-0.1, -0.05) is 25.4 Å². The summed E-state index contributed by atoms with van der Waals surface area (Å²) in [5.74, 6) is 2.18. The van der Waals surface area contributed by atoms with E-state index in [1.54, 1.807) is 6.26 Å². The quantitative estimate of drug-likeness (QED) is 0.744. The molecule has 0 aromatic carbocycles. The van der Waals surface area contributed by atoms with Crippen LogP contribution >= 0.6 is 0 Å². The molecule has 0 N–H and O–H groups in total. The second kappa shape index (κ2) is 7.69. The Bertz CT molecular complexity index is 658. The summed E-state index contributed by atoms with van der Waals surface area (Å²) in [6, 6.07) is 3.75. The molecule has 3 rings (SSSR count). The van der Waals surface area contributed by atoms with E-state index in [9.17, 15) is 4.79 Å². The molecule has 1 aliphatic rings. The lowest BCUT2D eigenvalue weighted by atomic mass is 10.1. The fraction of sp³-hybridized carbons (Fsp3) is 0.579. The molecule has 24 heavy (non-hydrogen) atoms. The Morgan fingerprint density at radius 1 is 1.29 bits per heavy atom.